The summed E-state index contributed by atoms with van der Waals surface area (Å²) in [7, 11) is 0. The first-order chi connectivity index (χ1) is 6.73. The van der Waals surface area contributed by atoms with Crippen LogP contribution in [-0.2, 0) is 4.79 Å². The molecule has 0 aromatic carbocycles. The third-order valence-electron chi connectivity index (χ3n) is 2.76. The average molecular weight is 191 g/mol. The van der Waals surface area contributed by atoms with Crippen molar-refractivity contribution in [2.24, 2.45) is 0 Å². The molecule has 1 amide bonds. The molecule has 0 radical (unpaired) electrons. The number of aromatic amines is 1. The Morgan fingerprint density at radius 3 is 2.86 bits per heavy atom. The fourth-order valence-electron chi connectivity index (χ4n) is 1.75. The molecule has 0 bridgehead atoms. The summed E-state index contributed by atoms with van der Waals surface area (Å²) in [5.41, 5.74) is 0.730. The Morgan fingerprint density at radius 1 is 1.43 bits per heavy atom. The fraction of sp³-hybridized carbons (Fsp3) is 0.333. The van der Waals surface area contributed by atoms with Crippen LogP contribution in [0.25, 0.3) is 0 Å². The molecule has 0 atom stereocenters. The van der Waals surface area contributed by atoms with Crippen LogP contribution in [0.4, 0.5) is 11.5 Å². The summed E-state index contributed by atoms with van der Waals surface area (Å²) in [6, 6.07) is 1.63. The van der Waals surface area contributed by atoms with E-state index in [9.17, 15) is 9.59 Å². The molecule has 5 heteroatoms. The van der Waals surface area contributed by atoms with E-state index in [1.54, 1.807) is 6.07 Å². The number of aldehydes is 1. The molecule has 2 aliphatic rings. The van der Waals surface area contributed by atoms with Crippen molar-refractivity contribution in [3.63, 3.8) is 0 Å². The number of carbonyl (C=O) groups excluding carboxylic acids is 2. The molecule has 0 unspecified atom stereocenters. The molecule has 72 valence electrons. The summed E-state index contributed by atoms with van der Waals surface area (Å²) in [5, 5.41) is 5.90. The van der Waals surface area contributed by atoms with Gasteiger partial charge in [-0.3, -0.25) is 9.59 Å². The van der Waals surface area contributed by atoms with Gasteiger partial charge in [0.15, 0.2) is 6.29 Å². The van der Waals surface area contributed by atoms with Crippen molar-refractivity contribution in [1.29, 1.82) is 0 Å². The minimum Gasteiger partial charge on any atom is -0.356 e. The van der Waals surface area contributed by atoms with E-state index >= 15 is 0 Å². The molecule has 5 nitrogen and oxygen atoms in total. The quantitative estimate of drug-likeness (QED) is 0.573. The second-order valence-electron chi connectivity index (χ2n) is 3.79. The topological polar surface area (TPSA) is 74.0 Å². The number of H-pyrrole nitrogens is 1. The van der Waals surface area contributed by atoms with Gasteiger partial charge in [0.25, 0.3) is 0 Å². The zero-order valence-corrected chi connectivity index (χ0v) is 7.39. The number of hydrogen-bond acceptors (Lipinski definition) is 3. The Balaban J connectivity index is 2.04. The van der Waals surface area contributed by atoms with E-state index in [1.165, 1.54) is 0 Å². The first kappa shape index (κ1) is 7.61. The maximum Gasteiger partial charge on any atom is 0.250 e. The molecule has 1 fully saturated rings. The highest BCUT2D eigenvalue weighted by Gasteiger charge is 2.52. The molecule has 1 spiro atoms. The largest absolute Gasteiger partial charge is 0.356 e. The van der Waals surface area contributed by atoms with Gasteiger partial charge in [-0.15, -0.1) is 0 Å². The zero-order chi connectivity index (χ0) is 9.76. The predicted molar refractivity (Wildman–Crippen MR) is 50.4 cm³/mol. The number of hydrogen-bond donors (Lipinski definition) is 3. The maximum atomic E-state index is 11.6. The van der Waals surface area contributed by atoms with E-state index in [1.807, 2.05) is 0 Å². The Kier molecular flexibility index (Phi) is 1.18. The van der Waals surface area contributed by atoms with Gasteiger partial charge in [0.1, 0.15) is 11.4 Å². The van der Waals surface area contributed by atoms with Gasteiger partial charge in [-0.1, -0.05) is 0 Å². The second kappa shape index (κ2) is 2.17. The molecule has 1 saturated carbocycles. The van der Waals surface area contributed by atoms with E-state index in [-0.39, 0.29) is 5.91 Å². The van der Waals surface area contributed by atoms with Crippen molar-refractivity contribution in [3.05, 3.63) is 11.8 Å². The standard InChI is InChI=1S/C9H9N3O2/c13-4-5-3-6-7(10-5)12-9(1-2-9)8(14)11-6/h3-4,10,12H,1-2H2,(H,11,14). The molecule has 1 aliphatic carbocycles. The second-order valence-corrected chi connectivity index (χ2v) is 3.79. The highest BCUT2D eigenvalue weighted by molar-refractivity contribution is 6.08. The molecular formula is C9H9N3O2. The van der Waals surface area contributed by atoms with Gasteiger partial charge in [-0.2, -0.15) is 0 Å². The number of rotatable bonds is 1. The van der Waals surface area contributed by atoms with Crippen molar-refractivity contribution in [3.8, 4) is 0 Å². The first-order valence-electron chi connectivity index (χ1n) is 4.51. The monoisotopic (exact) mass is 191 g/mol. The molecule has 0 saturated heterocycles. The lowest BCUT2D eigenvalue weighted by molar-refractivity contribution is -0.117. The number of fused-ring (bicyclic) bond motifs is 1. The van der Waals surface area contributed by atoms with E-state index in [2.05, 4.69) is 15.6 Å². The van der Waals surface area contributed by atoms with Crippen molar-refractivity contribution in [2.45, 2.75) is 18.4 Å². The van der Waals surface area contributed by atoms with Crippen molar-refractivity contribution >= 4 is 23.7 Å². The van der Waals surface area contributed by atoms with Gasteiger partial charge in [0.2, 0.25) is 5.91 Å². The van der Waals surface area contributed by atoms with Crippen LogP contribution in [-0.4, -0.2) is 22.7 Å². The molecule has 3 N–H and O–H groups in total. The summed E-state index contributed by atoms with van der Waals surface area (Å²) in [6.07, 6.45) is 2.44. The van der Waals surface area contributed by atoms with Crippen LogP contribution in [0.5, 0.6) is 0 Å². The fourth-order valence-corrected chi connectivity index (χ4v) is 1.75. The predicted octanol–water partition coefficient (Wildman–Crippen LogP) is 0.724. The number of aromatic nitrogens is 1. The van der Waals surface area contributed by atoms with Gasteiger partial charge < -0.3 is 15.6 Å². The van der Waals surface area contributed by atoms with Crippen molar-refractivity contribution in [2.75, 3.05) is 10.6 Å². The van der Waals surface area contributed by atoms with Crippen LogP contribution >= 0.6 is 0 Å². The van der Waals surface area contributed by atoms with Crippen molar-refractivity contribution < 1.29 is 9.59 Å². The highest BCUT2D eigenvalue weighted by atomic mass is 16.2. The van der Waals surface area contributed by atoms with E-state index in [0.717, 1.165) is 24.9 Å². The maximum absolute atomic E-state index is 11.6. The lowest BCUT2D eigenvalue weighted by Gasteiger charge is -2.23. The smallest absolute Gasteiger partial charge is 0.250 e. The molecule has 1 aromatic rings. The number of amides is 1. The SMILES string of the molecule is O=Cc1cc2c([nH]1)NC1(CC1)C(=O)N2. The Hall–Kier alpha value is -1.78. The third kappa shape index (κ3) is 0.837. The van der Waals surface area contributed by atoms with Gasteiger partial charge in [-0.25, -0.2) is 0 Å². The van der Waals surface area contributed by atoms with Crippen LogP contribution in [0.15, 0.2) is 6.07 Å². The highest BCUT2D eigenvalue weighted by Crippen LogP contribution is 2.44. The number of carbonyl (C=O) groups is 2. The van der Waals surface area contributed by atoms with Gasteiger partial charge in [-0.05, 0) is 18.9 Å². The molecular weight excluding hydrogens is 182 g/mol. The van der Waals surface area contributed by atoms with Gasteiger partial charge in [0, 0.05) is 0 Å². The normalized spacial score (nSPS) is 21.0. The van der Waals surface area contributed by atoms with Crippen LogP contribution in [0.3, 0.4) is 0 Å². The Labute approximate surface area is 79.9 Å². The molecule has 2 heterocycles. The lowest BCUT2D eigenvalue weighted by Crippen LogP contribution is -2.40. The van der Waals surface area contributed by atoms with Crippen LogP contribution in [0.2, 0.25) is 0 Å². The molecule has 14 heavy (non-hydrogen) atoms. The van der Waals surface area contributed by atoms with Crippen molar-refractivity contribution in [1.82, 2.24) is 4.98 Å². The van der Waals surface area contributed by atoms with Crippen LogP contribution in [0.1, 0.15) is 23.3 Å². The van der Waals surface area contributed by atoms with E-state index in [0.29, 0.717) is 11.4 Å². The van der Waals surface area contributed by atoms with Crippen LogP contribution < -0.4 is 10.6 Å². The zero-order valence-electron chi connectivity index (χ0n) is 7.39. The molecule has 3 rings (SSSR count). The average Bonchev–Trinajstić information content (AvgIpc) is 2.82. The van der Waals surface area contributed by atoms with Gasteiger partial charge in [0.05, 0.1) is 11.4 Å². The number of anilines is 2. The third-order valence-corrected chi connectivity index (χ3v) is 2.76. The molecule has 1 aliphatic heterocycles. The van der Waals surface area contributed by atoms with Crippen LogP contribution in [0, 0.1) is 0 Å². The summed E-state index contributed by atoms with van der Waals surface area (Å²) >= 11 is 0. The summed E-state index contributed by atoms with van der Waals surface area (Å²) in [5.74, 6) is 0.741. The minimum absolute atomic E-state index is 0.00134. The van der Waals surface area contributed by atoms with Gasteiger partial charge >= 0.3 is 0 Å². The van der Waals surface area contributed by atoms with E-state index < -0.39 is 5.54 Å². The molecule has 1 aromatic heterocycles. The summed E-state index contributed by atoms with van der Waals surface area (Å²) in [4.78, 5) is 25.0. The Morgan fingerprint density at radius 2 is 2.21 bits per heavy atom. The lowest BCUT2D eigenvalue weighted by atomic mass is 10.2. The Bertz CT molecular complexity index is 431. The first-order valence-corrected chi connectivity index (χ1v) is 4.51. The summed E-state index contributed by atoms with van der Waals surface area (Å²) in [6.45, 7) is 0. The number of nitrogens with one attached hydrogen (secondary N) is 3. The minimum atomic E-state index is -0.405. The van der Waals surface area contributed by atoms with E-state index in [4.69, 9.17) is 0 Å². The summed E-state index contributed by atoms with van der Waals surface area (Å²) < 4.78 is 0.